The van der Waals surface area contributed by atoms with Crippen molar-refractivity contribution < 1.29 is 9.59 Å². The summed E-state index contributed by atoms with van der Waals surface area (Å²) in [6.07, 6.45) is 8.13. The molecule has 1 unspecified atom stereocenters. The predicted octanol–water partition coefficient (Wildman–Crippen LogP) is 6.14. The highest BCUT2D eigenvalue weighted by Crippen LogP contribution is 2.30. The van der Waals surface area contributed by atoms with Crippen LogP contribution in [0, 0.1) is 12.8 Å². The van der Waals surface area contributed by atoms with Crippen LogP contribution in [0.25, 0.3) is 17.1 Å². The first kappa shape index (κ1) is 28.4. The number of hydrogen-bond donors (Lipinski definition) is 0. The van der Waals surface area contributed by atoms with Crippen molar-refractivity contribution >= 4 is 23.6 Å². The van der Waals surface area contributed by atoms with E-state index in [2.05, 4.69) is 52.9 Å². The lowest BCUT2D eigenvalue weighted by molar-refractivity contribution is -0.142. The van der Waals surface area contributed by atoms with Gasteiger partial charge in [0.15, 0.2) is 11.0 Å². The zero-order valence-corrected chi connectivity index (χ0v) is 24.6. The second kappa shape index (κ2) is 13.5. The Balaban J connectivity index is 1.12. The van der Waals surface area contributed by atoms with Crippen molar-refractivity contribution in [1.29, 1.82) is 0 Å². The molecule has 1 saturated carbocycles. The van der Waals surface area contributed by atoms with Crippen LogP contribution >= 0.6 is 11.8 Å². The third-order valence-electron chi connectivity index (χ3n) is 8.27. The van der Waals surface area contributed by atoms with Crippen molar-refractivity contribution in [3.05, 3.63) is 60.2 Å². The quantitative estimate of drug-likeness (QED) is 0.220. The molecule has 1 aromatic heterocycles. The summed E-state index contributed by atoms with van der Waals surface area (Å²) in [6, 6.07) is 18.6. The molecule has 2 fully saturated rings. The van der Waals surface area contributed by atoms with Gasteiger partial charge in [0, 0.05) is 55.5 Å². The summed E-state index contributed by atoms with van der Waals surface area (Å²) in [4.78, 5) is 29.8. The topological polar surface area (TPSA) is 71.3 Å². The summed E-state index contributed by atoms with van der Waals surface area (Å²) in [5, 5.41) is 9.87. The molecule has 0 spiro atoms. The van der Waals surface area contributed by atoms with Gasteiger partial charge in [0.25, 0.3) is 0 Å². The summed E-state index contributed by atoms with van der Waals surface area (Å²) in [5.74, 6) is 2.76. The average Bonchev–Trinajstić information content (AvgIpc) is 3.65. The van der Waals surface area contributed by atoms with Crippen molar-refractivity contribution in [1.82, 2.24) is 24.6 Å². The summed E-state index contributed by atoms with van der Waals surface area (Å²) in [5.41, 5.74) is 3.25. The van der Waals surface area contributed by atoms with Crippen LogP contribution in [0.15, 0.2) is 59.8 Å². The van der Waals surface area contributed by atoms with Gasteiger partial charge in [-0.1, -0.05) is 85.5 Å². The van der Waals surface area contributed by atoms with E-state index in [1.807, 2.05) is 40.1 Å². The zero-order valence-electron chi connectivity index (χ0n) is 23.8. The third kappa shape index (κ3) is 6.95. The minimum Gasteiger partial charge on any atom is -0.339 e. The van der Waals surface area contributed by atoms with Crippen molar-refractivity contribution in [2.45, 2.75) is 76.4 Å². The molecule has 1 aliphatic carbocycles. The Morgan fingerprint density at radius 2 is 1.68 bits per heavy atom. The number of rotatable bonds is 10. The van der Waals surface area contributed by atoms with E-state index in [1.54, 1.807) is 11.8 Å². The molecule has 1 atom stereocenters. The van der Waals surface area contributed by atoms with E-state index in [0.717, 1.165) is 46.7 Å². The molecule has 212 valence electrons. The van der Waals surface area contributed by atoms with Gasteiger partial charge < -0.3 is 9.80 Å². The normalized spacial score (nSPS) is 17.9. The number of piperazine rings is 1. The molecule has 8 heteroatoms. The van der Waals surface area contributed by atoms with E-state index in [4.69, 9.17) is 0 Å². The van der Waals surface area contributed by atoms with E-state index in [0.29, 0.717) is 32.5 Å². The first-order chi connectivity index (χ1) is 19.5. The van der Waals surface area contributed by atoms with Crippen molar-refractivity contribution in [3.8, 4) is 17.1 Å². The SMILES string of the molecule is Cc1ccc(-n2c(SCCCC(=O)N3CCN(C(=O)CCC4CCCC4)C(C)C3)nnc2-c2ccccc2)cc1. The maximum atomic E-state index is 13.0. The van der Waals surface area contributed by atoms with Crippen LogP contribution in [0.2, 0.25) is 0 Å². The van der Waals surface area contributed by atoms with Crippen LogP contribution in [-0.4, -0.2) is 67.8 Å². The molecule has 0 N–H and O–H groups in total. The lowest BCUT2D eigenvalue weighted by Gasteiger charge is -2.40. The number of carbonyl (C=O) groups is 2. The van der Waals surface area contributed by atoms with Gasteiger partial charge >= 0.3 is 0 Å². The van der Waals surface area contributed by atoms with Crippen LogP contribution in [-0.2, 0) is 9.59 Å². The van der Waals surface area contributed by atoms with E-state index in [-0.39, 0.29) is 17.9 Å². The molecular formula is C32H41N5O2S. The molecule has 0 radical (unpaired) electrons. The standard InChI is InChI=1S/C32H41N5O2S/c1-24-14-17-28(18-15-24)37-31(27-11-4-3-5-12-27)33-34-32(37)40-22-8-13-29(38)35-20-21-36(25(2)23-35)30(39)19-16-26-9-6-7-10-26/h3-5,11-12,14-15,17-18,25-26H,6-10,13,16,19-23H2,1-2H3. The van der Waals surface area contributed by atoms with E-state index in [1.165, 1.54) is 31.2 Å². The van der Waals surface area contributed by atoms with E-state index >= 15 is 0 Å². The number of carbonyl (C=O) groups excluding carboxylic acids is 2. The van der Waals surface area contributed by atoms with Gasteiger partial charge in [-0.3, -0.25) is 14.2 Å². The van der Waals surface area contributed by atoms with Gasteiger partial charge in [0.05, 0.1) is 0 Å². The van der Waals surface area contributed by atoms with Crippen LogP contribution in [0.1, 0.15) is 63.9 Å². The van der Waals surface area contributed by atoms with Crippen LogP contribution in [0.3, 0.4) is 0 Å². The van der Waals surface area contributed by atoms with Gasteiger partial charge in [0.2, 0.25) is 11.8 Å². The number of aryl methyl sites for hydroxylation is 1. The molecule has 2 aliphatic rings. The Hall–Kier alpha value is -3.13. The summed E-state index contributed by atoms with van der Waals surface area (Å²) in [6.45, 7) is 6.06. The maximum absolute atomic E-state index is 13.0. The highest BCUT2D eigenvalue weighted by atomic mass is 32.2. The largest absolute Gasteiger partial charge is 0.339 e. The molecule has 2 heterocycles. The molecule has 40 heavy (non-hydrogen) atoms. The summed E-state index contributed by atoms with van der Waals surface area (Å²) >= 11 is 1.64. The second-order valence-corrected chi connectivity index (χ2v) is 12.3. The summed E-state index contributed by atoms with van der Waals surface area (Å²) in [7, 11) is 0. The average molecular weight is 560 g/mol. The number of amides is 2. The number of benzene rings is 2. The van der Waals surface area contributed by atoms with Crippen molar-refractivity contribution in [3.63, 3.8) is 0 Å². The highest BCUT2D eigenvalue weighted by Gasteiger charge is 2.30. The molecule has 1 aliphatic heterocycles. The number of hydrogen-bond acceptors (Lipinski definition) is 5. The fourth-order valence-electron chi connectivity index (χ4n) is 5.93. The maximum Gasteiger partial charge on any atom is 0.222 e. The van der Waals surface area contributed by atoms with Gasteiger partial charge in [-0.05, 0) is 44.7 Å². The van der Waals surface area contributed by atoms with Gasteiger partial charge in [0.1, 0.15) is 0 Å². The zero-order chi connectivity index (χ0) is 27.9. The number of aromatic nitrogens is 3. The molecule has 3 aromatic rings. The van der Waals surface area contributed by atoms with Crippen LogP contribution in [0.5, 0.6) is 0 Å². The number of thioether (sulfide) groups is 1. The minimum absolute atomic E-state index is 0.0765. The first-order valence-corrected chi connectivity index (χ1v) is 15.8. The third-order valence-corrected chi connectivity index (χ3v) is 9.28. The predicted molar refractivity (Wildman–Crippen MR) is 160 cm³/mol. The number of nitrogens with zero attached hydrogens (tertiary/aromatic N) is 5. The Morgan fingerprint density at radius 3 is 2.40 bits per heavy atom. The smallest absolute Gasteiger partial charge is 0.222 e. The molecule has 2 amide bonds. The van der Waals surface area contributed by atoms with Crippen molar-refractivity contribution in [2.24, 2.45) is 5.92 Å². The highest BCUT2D eigenvalue weighted by molar-refractivity contribution is 7.99. The minimum atomic E-state index is 0.0765. The molecule has 7 nitrogen and oxygen atoms in total. The van der Waals surface area contributed by atoms with Gasteiger partial charge in [-0.15, -0.1) is 10.2 Å². The van der Waals surface area contributed by atoms with Crippen LogP contribution in [0.4, 0.5) is 0 Å². The first-order valence-electron chi connectivity index (χ1n) is 14.8. The Bertz CT molecular complexity index is 1270. The van der Waals surface area contributed by atoms with Crippen molar-refractivity contribution in [2.75, 3.05) is 25.4 Å². The lowest BCUT2D eigenvalue weighted by Crippen LogP contribution is -2.55. The van der Waals surface area contributed by atoms with Gasteiger partial charge in [-0.25, -0.2) is 0 Å². The monoisotopic (exact) mass is 559 g/mol. The molecule has 0 bridgehead atoms. The van der Waals surface area contributed by atoms with Gasteiger partial charge in [-0.2, -0.15) is 0 Å². The van der Waals surface area contributed by atoms with E-state index < -0.39 is 0 Å². The molecular weight excluding hydrogens is 518 g/mol. The fraction of sp³-hybridized carbons (Fsp3) is 0.500. The molecule has 2 aromatic carbocycles. The Morgan fingerprint density at radius 1 is 0.925 bits per heavy atom. The lowest BCUT2D eigenvalue weighted by atomic mass is 10.0. The van der Waals surface area contributed by atoms with E-state index in [9.17, 15) is 9.59 Å². The molecule has 1 saturated heterocycles. The second-order valence-electron chi connectivity index (χ2n) is 11.3. The van der Waals surface area contributed by atoms with Crippen LogP contribution < -0.4 is 0 Å². The summed E-state index contributed by atoms with van der Waals surface area (Å²) < 4.78 is 2.10. The Kier molecular flexibility index (Phi) is 9.57. The fourth-order valence-corrected chi connectivity index (χ4v) is 6.82. The Labute approximate surface area is 242 Å². The molecule has 5 rings (SSSR count).